The molecule has 0 radical (unpaired) electrons. The van der Waals surface area contributed by atoms with E-state index >= 15 is 0 Å². The largest absolute Gasteiger partial charge is 0.383 e. The molecule has 1 atom stereocenters. The minimum Gasteiger partial charge on any atom is -0.383 e. The fourth-order valence-corrected chi connectivity index (χ4v) is 4.29. The molecule has 8 heteroatoms. The quantitative estimate of drug-likeness (QED) is 0.836. The molecule has 1 unspecified atom stereocenters. The first-order valence-electron chi connectivity index (χ1n) is 7.51. The number of hydrogen-bond acceptors (Lipinski definition) is 4. The van der Waals surface area contributed by atoms with Gasteiger partial charge < -0.3 is 10.1 Å². The second-order valence-electron chi connectivity index (χ2n) is 5.37. The molecule has 0 bridgehead atoms. The van der Waals surface area contributed by atoms with Crippen LogP contribution in [0.4, 0.5) is 0 Å². The highest BCUT2D eigenvalue weighted by Crippen LogP contribution is 2.23. The molecular weight excluding hydrogens is 340 g/mol. The summed E-state index contributed by atoms with van der Waals surface area (Å²) < 4.78 is 32.2. The highest BCUT2D eigenvalue weighted by atomic mass is 35.5. The number of nitrogens with zero attached hydrogens (tertiary/aromatic N) is 1. The number of methoxy groups -OCH3 is 1. The van der Waals surface area contributed by atoms with Crippen LogP contribution in [0.1, 0.15) is 19.3 Å². The zero-order chi connectivity index (χ0) is 16.9. The lowest BCUT2D eigenvalue weighted by Crippen LogP contribution is -2.49. The van der Waals surface area contributed by atoms with Crippen molar-refractivity contribution in [3.05, 3.63) is 29.3 Å². The smallest absolute Gasteiger partial charge is 0.243 e. The van der Waals surface area contributed by atoms with Gasteiger partial charge in [-0.25, -0.2) is 8.42 Å². The number of hydrogen-bond donors (Lipinski definition) is 1. The van der Waals surface area contributed by atoms with Gasteiger partial charge in [0, 0.05) is 25.2 Å². The molecule has 1 aliphatic heterocycles. The molecule has 23 heavy (non-hydrogen) atoms. The van der Waals surface area contributed by atoms with Crippen LogP contribution in [0.25, 0.3) is 0 Å². The van der Waals surface area contributed by atoms with E-state index in [9.17, 15) is 13.2 Å². The summed E-state index contributed by atoms with van der Waals surface area (Å²) in [7, 11) is -2.30. The van der Waals surface area contributed by atoms with E-state index in [1.54, 1.807) is 0 Å². The molecule has 1 amide bonds. The average Bonchev–Trinajstić information content (AvgIpc) is 2.73. The van der Waals surface area contributed by atoms with Gasteiger partial charge in [-0.1, -0.05) is 11.6 Å². The van der Waals surface area contributed by atoms with Gasteiger partial charge in [-0.3, -0.25) is 4.79 Å². The highest BCUT2D eigenvalue weighted by molar-refractivity contribution is 7.89. The zero-order valence-electron chi connectivity index (χ0n) is 13.0. The summed E-state index contributed by atoms with van der Waals surface area (Å²) in [5, 5.41) is 3.24. The topological polar surface area (TPSA) is 75.7 Å². The number of sulfonamides is 1. The maximum Gasteiger partial charge on any atom is 0.243 e. The van der Waals surface area contributed by atoms with Crippen molar-refractivity contribution in [2.24, 2.45) is 0 Å². The van der Waals surface area contributed by atoms with Crippen molar-refractivity contribution in [2.75, 3.05) is 26.8 Å². The minimum atomic E-state index is -3.80. The lowest BCUT2D eigenvalue weighted by molar-refractivity contribution is -0.124. The van der Waals surface area contributed by atoms with E-state index < -0.39 is 16.1 Å². The van der Waals surface area contributed by atoms with Crippen LogP contribution >= 0.6 is 11.6 Å². The molecule has 0 aliphatic carbocycles. The van der Waals surface area contributed by atoms with Crippen LogP contribution in [0, 0.1) is 0 Å². The number of halogens is 1. The van der Waals surface area contributed by atoms with Crippen molar-refractivity contribution in [1.82, 2.24) is 9.62 Å². The number of carbonyl (C=O) groups is 1. The SMILES string of the molecule is COCCN(C1CCCCNC1=O)S(=O)(=O)c1ccc(Cl)cc1. The van der Waals surface area contributed by atoms with E-state index in [1.807, 2.05) is 0 Å². The summed E-state index contributed by atoms with van der Waals surface area (Å²) in [6, 6.07) is 5.23. The summed E-state index contributed by atoms with van der Waals surface area (Å²) >= 11 is 5.83. The number of benzene rings is 1. The number of carbonyl (C=O) groups excluding carboxylic acids is 1. The molecule has 6 nitrogen and oxygen atoms in total. The van der Waals surface area contributed by atoms with Gasteiger partial charge in [0.15, 0.2) is 0 Å². The van der Waals surface area contributed by atoms with Crippen molar-refractivity contribution in [3.8, 4) is 0 Å². The van der Waals surface area contributed by atoms with Crippen LogP contribution in [0.15, 0.2) is 29.2 Å². The Balaban J connectivity index is 2.35. The number of amides is 1. The first-order chi connectivity index (χ1) is 11.0. The molecule has 1 aromatic carbocycles. The Morgan fingerprint density at radius 3 is 2.65 bits per heavy atom. The van der Waals surface area contributed by atoms with E-state index in [2.05, 4.69) is 5.32 Å². The van der Waals surface area contributed by atoms with E-state index in [0.717, 1.165) is 12.8 Å². The van der Waals surface area contributed by atoms with Gasteiger partial charge in [-0.2, -0.15) is 4.31 Å². The Bertz CT molecular complexity index is 633. The third-order valence-electron chi connectivity index (χ3n) is 3.79. The monoisotopic (exact) mass is 360 g/mol. The molecule has 1 N–H and O–H groups in total. The lowest BCUT2D eigenvalue weighted by atomic mass is 10.1. The fourth-order valence-electron chi connectivity index (χ4n) is 2.56. The second-order valence-corrected chi connectivity index (χ2v) is 7.69. The molecule has 0 saturated carbocycles. The Kier molecular flexibility index (Phi) is 6.41. The van der Waals surface area contributed by atoms with Crippen molar-refractivity contribution >= 4 is 27.5 Å². The van der Waals surface area contributed by atoms with Crippen LogP contribution in [0.5, 0.6) is 0 Å². The summed E-state index contributed by atoms with van der Waals surface area (Å²) in [5.41, 5.74) is 0. The van der Waals surface area contributed by atoms with Gasteiger partial charge in [0.05, 0.1) is 11.5 Å². The van der Waals surface area contributed by atoms with Crippen LogP contribution in [-0.4, -0.2) is 51.5 Å². The predicted octanol–water partition coefficient (Wildman–Crippen LogP) is 1.65. The van der Waals surface area contributed by atoms with Gasteiger partial charge >= 0.3 is 0 Å². The van der Waals surface area contributed by atoms with Crippen molar-refractivity contribution in [1.29, 1.82) is 0 Å². The predicted molar refractivity (Wildman–Crippen MR) is 87.9 cm³/mol. The van der Waals surface area contributed by atoms with Crippen LogP contribution in [0.2, 0.25) is 5.02 Å². The molecule has 0 aromatic heterocycles. The summed E-state index contributed by atoms with van der Waals surface area (Å²) in [5.74, 6) is -0.254. The van der Waals surface area contributed by atoms with Crippen molar-refractivity contribution in [2.45, 2.75) is 30.2 Å². The standard InChI is InChI=1S/C15H21ClN2O4S/c1-22-11-10-18(14-4-2-3-9-17-15(14)19)23(20,21)13-7-5-12(16)6-8-13/h5-8,14H,2-4,9-11H2,1H3,(H,17,19). The molecule has 0 spiro atoms. The first-order valence-corrected chi connectivity index (χ1v) is 9.32. The molecule has 1 saturated heterocycles. The molecule has 1 aliphatic rings. The van der Waals surface area contributed by atoms with Crippen LogP contribution in [0.3, 0.4) is 0 Å². The number of nitrogens with one attached hydrogen (secondary N) is 1. The number of rotatable bonds is 6. The molecule has 1 fully saturated rings. The van der Waals surface area contributed by atoms with Crippen LogP contribution in [-0.2, 0) is 19.6 Å². The Morgan fingerprint density at radius 2 is 2.00 bits per heavy atom. The summed E-state index contributed by atoms with van der Waals surface area (Å²) in [6.07, 6.45) is 2.15. The van der Waals surface area contributed by atoms with Crippen LogP contribution < -0.4 is 5.32 Å². The molecular formula is C15H21ClN2O4S. The van der Waals surface area contributed by atoms with Gasteiger partial charge in [0.2, 0.25) is 15.9 Å². The third kappa shape index (κ3) is 4.44. The second kappa shape index (κ2) is 8.10. The van der Waals surface area contributed by atoms with Gasteiger partial charge in [0.25, 0.3) is 0 Å². The lowest BCUT2D eigenvalue weighted by Gasteiger charge is -2.28. The van der Waals surface area contributed by atoms with E-state index in [1.165, 1.54) is 35.7 Å². The zero-order valence-corrected chi connectivity index (χ0v) is 14.6. The Morgan fingerprint density at radius 1 is 1.30 bits per heavy atom. The fraction of sp³-hybridized carbons (Fsp3) is 0.533. The highest BCUT2D eigenvalue weighted by Gasteiger charge is 2.36. The Hall–Kier alpha value is -1.15. The minimum absolute atomic E-state index is 0.120. The van der Waals surface area contributed by atoms with Crippen molar-refractivity contribution in [3.63, 3.8) is 0 Å². The van der Waals surface area contributed by atoms with E-state index in [-0.39, 0.29) is 24.0 Å². The maximum absolute atomic E-state index is 13.0. The van der Waals surface area contributed by atoms with Gasteiger partial charge in [-0.15, -0.1) is 0 Å². The first kappa shape index (κ1) is 18.2. The van der Waals surface area contributed by atoms with Gasteiger partial charge in [-0.05, 0) is 43.5 Å². The normalized spacial score (nSPS) is 19.4. The van der Waals surface area contributed by atoms with Crippen molar-refractivity contribution < 1.29 is 17.9 Å². The number of ether oxygens (including phenoxy) is 1. The molecule has 1 aromatic rings. The van der Waals surface area contributed by atoms with Gasteiger partial charge in [0.1, 0.15) is 6.04 Å². The average molecular weight is 361 g/mol. The maximum atomic E-state index is 13.0. The molecule has 1 heterocycles. The summed E-state index contributed by atoms with van der Waals surface area (Å²) in [4.78, 5) is 12.4. The molecule has 2 rings (SSSR count). The van der Waals surface area contributed by atoms with E-state index in [4.69, 9.17) is 16.3 Å². The Labute approximate surface area is 141 Å². The molecule has 128 valence electrons. The third-order valence-corrected chi connectivity index (χ3v) is 5.96. The summed E-state index contributed by atoms with van der Waals surface area (Å²) in [6.45, 7) is 0.921. The van der Waals surface area contributed by atoms with E-state index in [0.29, 0.717) is 18.0 Å².